The molecule has 4 heteroatoms. The minimum absolute atomic E-state index is 0.117. The average Bonchev–Trinajstić information content (AvgIpc) is 2.40. The Balaban J connectivity index is 2.90. The van der Waals surface area contributed by atoms with Crippen LogP contribution < -0.4 is 0 Å². The van der Waals surface area contributed by atoms with Gasteiger partial charge in [-0.15, -0.1) is 0 Å². The van der Waals surface area contributed by atoms with Crippen LogP contribution in [0.2, 0.25) is 0 Å². The molecule has 0 fully saturated rings. The summed E-state index contributed by atoms with van der Waals surface area (Å²) in [6.07, 6.45) is 0. The molecule has 3 nitrogen and oxygen atoms in total. The van der Waals surface area contributed by atoms with Crippen LogP contribution in [0.1, 0.15) is 0 Å². The first-order valence-electron chi connectivity index (χ1n) is 3.41. The molecular weight excluding hydrogens is 172 g/mol. The fourth-order valence-electron chi connectivity index (χ4n) is 1.13. The lowest BCUT2D eigenvalue weighted by atomic mass is 10.2. The van der Waals surface area contributed by atoms with Crippen LogP contribution in [0.3, 0.4) is 0 Å². The van der Waals surface area contributed by atoms with E-state index in [1.165, 1.54) is 11.3 Å². The van der Waals surface area contributed by atoms with Crippen molar-refractivity contribution in [3.8, 4) is 5.06 Å². The van der Waals surface area contributed by atoms with Gasteiger partial charge in [0, 0.05) is 10.1 Å². The van der Waals surface area contributed by atoms with E-state index in [4.69, 9.17) is 5.53 Å². The number of fused-ring (bicyclic) bond motifs is 1. The monoisotopic (exact) mass is 178 g/mol. The topological polar surface area (TPSA) is 56.4 Å². The largest absolute Gasteiger partial charge is 0.498 e. The minimum Gasteiger partial charge on any atom is -0.498 e. The molecule has 0 aliphatic carbocycles. The summed E-state index contributed by atoms with van der Waals surface area (Å²) >= 11 is 1.25. The zero-order valence-electron chi connectivity index (χ0n) is 6.11. The van der Waals surface area contributed by atoms with Gasteiger partial charge in [-0.25, -0.2) is 5.53 Å². The van der Waals surface area contributed by atoms with Gasteiger partial charge in [0.05, 0.1) is 0 Å². The molecule has 0 unspecified atom stereocenters. The summed E-state index contributed by atoms with van der Waals surface area (Å²) in [6.45, 7) is 0. The number of hydrogen-bond acceptors (Lipinski definition) is 4. The normalized spacial score (nSPS) is 10.3. The third-order valence-electron chi connectivity index (χ3n) is 1.66. The molecule has 0 aliphatic heterocycles. The van der Waals surface area contributed by atoms with Crippen LogP contribution in [0.15, 0.2) is 29.4 Å². The average molecular weight is 178 g/mol. The Labute approximate surface area is 72.8 Å². The Hall–Kier alpha value is -1.42. The quantitative estimate of drug-likeness (QED) is 0.647. The lowest BCUT2D eigenvalue weighted by Gasteiger charge is -1.87. The lowest BCUT2D eigenvalue weighted by molar-refractivity contribution is 0.492. The van der Waals surface area contributed by atoms with Gasteiger partial charge >= 0.3 is 0 Å². The van der Waals surface area contributed by atoms with Crippen molar-refractivity contribution in [2.75, 3.05) is 0 Å². The fraction of sp³-hybridized carbons (Fsp3) is 0. The van der Waals surface area contributed by atoms with Gasteiger partial charge in [0.2, 0.25) is 5.06 Å². The van der Waals surface area contributed by atoms with E-state index in [-0.39, 0.29) is 5.06 Å². The molecule has 0 atom stereocenters. The number of benzene rings is 1. The van der Waals surface area contributed by atoms with Gasteiger partial charge in [0.25, 0.3) is 0 Å². The van der Waals surface area contributed by atoms with Crippen LogP contribution in [-0.2, 0) is 0 Å². The van der Waals surface area contributed by atoms with Crippen LogP contribution in [0.5, 0.6) is 5.06 Å². The van der Waals surface area contributed by atoms with Crippen molar-refractivity contribution < 1.29 is 5.11 Å². The first-order valence-corrected chi connectivity index (χ1v) is 4.22. The second-order valence-electron chi connectivity index (χ2n) is 2.36. The summed E-state index contributed by atoms with van der Waals surface area (Å²) in [5, 5.41) is 13.6. The zero-order chi connectivity index (χ0) is 8.55. The molecule has 1 aromatic heterocycles. The van der Waals surface area contributed by atoms with Crippen molar-refractivity contribution in [3.05, 3.63) is 24.3 Å². The number of rotatable bonds is 1. The van der Waals surface area contributed by atoms with Crippen molar-refractivity contribution >= 4 is 27.1 Å². The van der Waals surface area contributed by atoms with Crippen molar-refractivity contribution in [1.82, 2.24) is 0 Å². The van der Waals surface area contributed by atoms with Gasteiger partial charge < -0.3 is 5.11 Å². The maximum atomic E-state index is 9.34. The number of thiophene rings is 1. The second-order valence-corrected chi connectivity index (χ2v) is 3.39. The van der Waals surface area contributed by atoms with E-state index in [0.717, 1.165) is 10.1 Å². The molecule has 2 rings (SSSR count). The van der Waals surface area contributed by atoms with E-state index in [2.05, 4.69) is 5.11 Å². The van der Waals surface area contributed by atoms with Crippen LogP contribution in [0.4, 0.5) is 5.69 Å². The Morgan fingerprint density at radius 1 is 1.33 bits per heavy atom. The fourth-order valence-corrected chi connectivity index (χ4v) is 2.01. The zero-order valence-corrected chi connectivity index (χ0v) is 6.93. The molecule has 0 radical (unpaired) electrons. The summed E-state index contributed by atoms with van der Waals surface area (Å²) in [6, 6.07) is 7.50. The Morgan fingerprint density at radius 2 is 2.08 bits per heavy atom. The summed E-state index contributed by atoms with van der Waals surface area (Å²) < 4.78 is 0.959. The summed E-state index contributed by atoms with van der Waals surface area (Å²) in [5.74, 6) is 0. The van der Waals surface area contributed by atoms with Gasteiger partial charge in [-0.1, -0.05) is 29.5 Å². The van der Waals surface area contributed by atoms with Gasteiger partial charge in [0.15, 0.2) is 0 Å². The molecule has 0 amide bonds. The predicted molar refractivity (Wildman–Crippen MR) is 48.3 cm³/mol. The Kier molecular flexibility index (Phi) is 1.55. The highest BCUT2D eigenvalue weighted by Gasteiger charge is 2.08. The number of aromatic hydroxyl groups is 1. The third kappa shape index (κ3) is 0.887. The first-order chi connectivity index (χ1) is 5.83. The van der Waals surface area contributed by atoms with Crippen molar-refractivity contribution in [2.45, 2.75) is 0 Å². The second kappa shape index (κ2) is 2.57. The van der Waals surface area contributed by atoms with Crippen molar-refractivity contribution in [1.29, 1.82) is 5.53 Å². The maximum absolute atomic E-state index is 9.34. The summed E-state index contributed by atoms with van der Waals surface area (Å²) in [4.78, 5) is 0. The van der Waals surface area contributed by atoms with Crippen LogP contribution >= 0.6 is 11.3 Å². The van der Waals surface area contributed by atoms with E-state index < -0.39 is 0 Å². The molecule has 2 N–H and O–H groups in total. The highest BCUT2D eigenvalue weighted by molar-refractivity contribution is 7.21. The summed E-state index contributed by atoms with van der Waals surface area (Å²) in [5.41, 5.74) is 7.23. The van der Waals surface area contributed by atoms with Crippen molar-refractivity contribution in [3.63, 3.8) is 0 Å². The highest BCUT2D eigenvalue weighted by Crippen LogP contribution is 2.42. The standard InChI is InChI=1S/C8H6N2OS/c9-10-7-5-3-1-2-4-6(5)12-8(7)11/h1-4,9,11H. The van der Waals surface area contributed by atoms with E-state index in [1.54, 1.807) is 0 Å². The van der Waals surface area contributed by atoms with E-state index in [0.29, 0.717) is 5.69 Å². The molecule has 1 aromatic carbocycles. The summed E-state index contributed by atoms with van der Waals surface area (Å²) in [7, 11) is 0. The van der Waals surface area contributed by atoms with Crippen molar-refractivity contribution in [2.24, 2.45) is 5.11 Å². The predicted octanol–water partition coefficient (Wildman–Crippen LogP) is 3.27. The number of nitrogens with one attached hydrogen (secondary N) is 1. The smallest absolute Gasteiger partial charge is 0.200 e. The first kappa shape index (κ1) is 7.24. The lowest BCUT2D eigenvalue weighted by Crippen LogP contribution is -1.60. The maximum Gasteiger partial charge on any atom is 0.200 e. The van der Waals surface area contributed by atoms with Crippen LogP contribution in [0.25, 0.3) is 10.1 Å². The van der Waals surface area contributed by atoms with E-state index in [1.807, 2.05) is 24.3 Å². The van der Waals surface area contributed by atoms with Gasteiger partial charge in [0.1, 0.15) is 5.69 Å². The number of hydrogen-bond donors (Lipinski definition) is 2. The molecule has 2 aromatic rings. The third-order valence-corrected chi connectivity index (χ3v) is 2.63. The molecule has 0 saturated heterocycles. The molecule has 0 bridgehead atoms. The molecule has 0 aliphatic rings. The Bertz CT molecular complexity index is 436. The van der Waals surface area contributed by atoms with Crippen LogP contribution in [-0.4, -0.2) is 5.11 Å². The van der Waals surface area contributed by atoms with Gasteiger partial charge in [-0.2, -0.15) is 5.11 Å². The Morgan fingerprint density at radius 3 is 2.83 bits per heavy atom. The van der Waals surface area contributed by atoms with Crippen LogP contribution in [0, 0.1) is 5.53 Å². The molecule has 12 heavy (non-hydrogen) atoms. The van der Waals surface area contributed by atoms with Gasteiger partial charge in [-0.05, 0) is 6.07 Å². The SMILES string of the molecule is N=Nc1c(O)sc2ccccc12. The molecule has 0 saturated carbocycles. The molecule has 60 valence electrons. The van der Waals surface area contributed by atoms with E-state index in [9.17, 15) is 5.11 Å². The van der Waals surface area contributed by atoms with E-state index >= 15 is 0 Å². The molecule has 0 spiro atoms. The minimum atomic E-state index is 0.117. The van der Waals surface area contributed by atoms with Gasteiger partial charge in [-0.3, -0.25) is 0 Å². The highest BCUT2D eigenvalue weighted by atomic mass is 32.1. The number of nitrogens with zero attached hydrogens (tertiary/aromatic N) is 1. The molecular formula is C8H6N2OS. The molecule has 1 heterocycles.